The van der Waals surface area contributed by atoms with Crippen LogP contribution in [0.15, 0.2) is 29.3 Å². The van der Waals surface area contributed by atoms with E-state index in [-0.39, 0.29) is 18.1 Å². The summed E-state index contributed by atoms with van der Waals surface area (Å²) in [4.78, 5) is 14.4. The van der Waals surface area contributed by atoms with Crippen molar-refractivity contribution in [2.24, 2.45) is 4.99 Å². The number of aliphatic imine (C=N–C) groups is 1. The zero-order valence-corrected chi connectivity index (χ0v) is 9.65. The van der Waals surface area contributed by atoms with Crippen LogP contribution >= 0.6 is 0 Å². The van der Waals surface area contributed by atoms with Gasteiger partial charge < -0.3 is 9.84 Å². The van der Waals surface area contributed by atoms with Crippen LogP contribution in [0, 0.1) is 0 Å². The van der Waals surface area contributed by atoms with Crippen molar-refractivity contribution in [1.82, 2.24) is 0 Å². The van der Waals surface area contributed by atoms with E-state index in [0.29, 0.717) is 0 Å². The summed E-state index contributed by atoms with van der Waals surface area (Å²) in [6.45, 7) is -0.0737. The fourth-order valence-electron chi connectivity index (χ4n) is 1.85. The van der Waals surface area contributed by atoms with Crippen LogP contribution in [-0.4, -0.2) is 23.6 Å². The number of nitrogens with zero attached hydrogens (tertiary/aromatic N) is 1. The Morgan fingerprint density at radius 2 is 2.11 bits per heavy atom. The highest BCUT2D eigenvalue weighted by Crippen LogP contribution is 2.36. The summed E-state index contributed by atoms with van der Waals surface area (Å²) in [5.74, 6) is -1.18. The van der Waals surface area contributed by atoms with E-state index in [2.05, 4.69) is 4.99 Å². The highest BCUT2D eigenvalue weighted by atomic mass is 19.4. The molecule has 0 aliphatic carbocycles. The first-order valence-electron chi connectivity index (χ1n) is 5.45. The van der Waals surface area contributed by atoms with Crippen molar-refractivity contribution in [2.75, 3.05) is 6.61 Å². The molecule has 1 N–H and O–H groups in total. The number of hydrogen-bond acceptors (Lipinski definition) is 3. The van der Waals surface area contributed by atoms with Crippen molar-refractivity contribution >= 4 is 11.9 Å². The zero-order chi connectivity index (χ0) is 14.0. The maximum Gasteiger partial charge on any atom is 0.416 e. The van der Waals surface area contributed by atoms with Gasteiger partial charge in [0.1, 0.15) is 19.1 Å². The average molecular weight is 273 g/mol. The third kappa shape index (κ3) is 3.04. The van der Waals surface area contributed by atoms with Gasteiger partial charge in [-0.25, -0.2) is 4.99 Å². The maximum atomic E-state index is 12.8. The molecule has 1 atom stereocenters. The molecule has 0 radical (unpaired) electrons. The molecule has 1 unspecified atom stereocenters. The Labute approximate surface area is 106 Å². The molecule has 0 saturated heterocycles. The van der Waals surface area contributed by atoms with Gasteiger partial charge in [-0.1, -0.05) is 18.2 Å². The van der Waals surface area contributed by atoms with E-state index in [0.717, 1.165) is 6.07 Å². The largest absolute Gasteiger partial charge is 0.481 e. The van der Waals surface area contributed by atoms with E-state index in [4.69, 9.17) is 9.84 Å². The Morgan fingerprint density at radius 1 is 1.42 bits per heavy atom. The molecular weight excluding hydrogens is 263 g/mol. The highest BCUT2D eigenvalue weighted by Gasteiger charge is 2.36. The number of hydrogen-bond donors (Lipinski definition) is 1. The number of carbonyl (C=O) groups is 1. The first-order valence-corrected chi connectivity index (χ1v) is 5.45. The van der Waals surface area contributed by atoms with Gasteiger partial charge in [0.05, 0.1) is 5.56 Å². The fraction of sp³-hybridized carbons (Fsp3) is 0.333. The smallest absolute Gasteiger partial charge is 0.416 e. The lowest BCUT2D eigenvalue weighted by Gasteiger charge is -2.14. The Morgan fingerprint density at radius 3 is 2.74 bits per heavy atom. The van der Waals surface area contributed by atoms with Crippen LogP contribution in [0.2, 0.25) is 0 Å². The van der Waals surface area contributed by atoms with Gasteiger partial charge in [0, 0.05) is 0 Å². The van der Waals surface area contributed by atoms with Crippen LogP contribution in [0.3, 0.4) is 0 Å². The molecule has 2 rings (SSSR count). The predicted octanol–water partition coefficient (Wildman–Crippen LogP) is 2.65. The SMILES string of the molecule is O=C(O)CC1=NC(c2ccccc2C(F)(F)F)CO1. The maximum absolute atomic E-state index is 12.8. The van der Waals surface area contributed by atoms with Gasteiger partial charge in [0.2, 0.25) is 0 Å². The minimum atomic E-state index is -4.47. The van der Waals surface area contributed by atoms with E-state index < -0.39 is 30.2 Å². The predicted molar refractivity (Wildman–Crippen MR) is 59.8 cm³/mol. The van der Waals surface area contributed by atoms with Crippen molar-refractivity contribution < 1.29 is 27.8 Å². The molecule has 1 aliphatic heterocycles. The fourth-order valence-corrected chi connectivity index (χ4v) is 1.85. The molecule has 7 heteroatoms. The number of ether oxygens (including phenoxy) is 1. The molecule has 0 aromatic heterocycles. The number of alkyl halides is 3. The first-order chi connectivity index (χ1) is 8.88. The van der Waals surface area contributed by atoms with Crippen LogP contribution in [0.25, 0.3) is 0 Å². The monoisotopic (exact) mass is 273 g/mol. The van der Waals surface area contributed by atoms with Crippen molar-refractivity contribution in [3.05, 3.63) is 35.4 Å². The van der Waals surface area contributed by atoms with E-state index in [9.17, 15) is 18.0 Å². The van der Waals surface area contributed by atoms with Crippen LogP contribution in [0.5, 0.6) is 0 Å². The van der Waals surface area contributed by atoms with Crippen LogP contribution in [0.4, 0.5) is 13.2 Å². The van der Waals surface area contributed by atoms with Gasteiger partial charge >= 0.3 is 12.1 Å². The van der Waals surface area contributed by atoms with Gasteiger partial charge in [-0.15, -0.1) is 0 Å². The van der Waals surface area contributed by atoms with Crippen molar-refractivity contribution in [3.63, 3.8) is 0 Å². The number of aliphatic carboxylic acids is 1. The summed E-state index contributed by atoms with van der Waals surface area (Å²) in [6, 6.07) is 4.26. The Bertz CT molecular complexity index is 525. The molecule has 0 saturated carbocycles. The highest BCUT2D eigenvalue weighted by molar-refractivity contribution is 5.94. The minimum absolute atomic E-state index is 0.00427. The number of carboxylic acids is 1. The number of rotatable bonds is 3. The van der Waals surface area contributed by atoms with Crippen LogP contribution in [0.1, 0.15) is 23.6 Å². The topological polar surface area (TPSA) is 58.9 Å². The molecule has 102 valence electrons. The van der Waals surface area contributed by atoms with Crippen molar-refractivity contribution in [1.29, 1.82) is 0 Å². The molecule has 0 amide bonds. The third-order valence-electron chi connectivity index (χ3n) is 2.64. The second-order valence-electron chi connectivity index (χ2n) is 4.01. The van der Waals surface area contributed by atoms with Crippen molar-refractivity contribution in [2.45, 2.75) is 18.6 Å². The summed E-state index contributed by atoms with van der Waals surface area (Å²) < 4.78 is 43.5. The Kier molecular flexibility index (Phi) is 3.46. The lowest BCUT2D eigenvalue weighted by molar-refractivity contribution is -0.138. The Balaban J connectivity index is 2.29. The van der Waals surface area contributed by atoms with Crippen molar-refractivity contribution in [3.8, 4) is 0 Å². The second kappa shape index (κ2) is 4.91. The zero-order valence-electron chi connectivity index (χ0n) is 9.65. The summed E-state index contributed by atoms with van der Waals surface area (Å²) in [7, 11) is 0. The molecule has 19 heavy (non-hydrogen) atoms. The quantitative estimate of drug-likeness (QED) is 0.921. The molecule has 1 aromatic carbocycles. The van der Waals surface area contributed by atoms with E-state index in [1.54, 1.807) is 0 Å². The first kappa shape index (κ1) is 13.4. The number of carboxylic acid groups (broad SMARTS) is 1. The summed E-state index contributed by atoms with van der Waals surface area (Å²) in [6.07, 6.45) is -4.90. The standard InChI is InChI=1S/C12H10F3NO3/c13-12(14,15)8-4-2-1-3-7(8)9-6-19-10(16-9)5-11(17)18/h1-4,9H,5-6H2,(H,17,18). The summed E-state index contributed by atoms with van der Waals surface area (Å²) in [5, 5.41) is 8.57. The van der Waals surface area contributed by atoms with Gasteiger partial charge in [0.15, 0.2) is 5.90 Å². The molecule has 1 aromatic rings. The molecule has 1 aliphatic rings. The summed E-state index contributed by atoms with van der Waals surface area (Å²) in [5.41, 5.74) is -0.778. The molecule has 0 fully saturated rings. The lowest BCUT2D eigenvalue weighted by Crippen LogP contribution is -2.11. The average Bonchev–Trinajstić information content (AvgIpc) is 2.75. The lowest BCUT2D eigenvalue weighted by atomic mass is 10.0. The molecule has 0 spiro atoms. The number of halogens is 3. The second-order valence-corrected chi connectivity index (χ2v) is 4.01. The van der Waals surface area contributed by atoms with Gasteiger partial charge in [-0.05, 0) is 11.6 Å². The number of benzene rings is 1. The van der Waals surface area contributed by atoms with Gasteiger partial charge in [-0.3, -0.25) is 4.79 Å². The van der Waals surface area contributed by atoms with Gasteiger partial charge in [0.25, 0.3) is 0 Å². The molecular formula is C12H10F3NO3. The molecule has 1 heterocycles. The van der Waals surface area contributed by atoms with E-state index >= 15 is 0 Å². The molecule has 4 nitrogen and oxygen atoms in total. The normalized spacial score (nSPS) is 18.9. The van der Waals surface area contributed by atoms with Gasteiger partial charge in [-0.2, -0.15) is 13.2 Å². The van der Waals surface area contributed by atoms with Crippen LogP contribution < -0.4 is 0 Å². The Hall–Kier alpha value is -2.05. The van der Waals surface area contributed by atoms with Crippen LogP contribution in [-0.2, 0) is 15.7 Å². The van der Waals surface area contributed by atoms with E-state index in [1.165, 1.54) is 18.2 Å². The molecule has 0 bridgehead atoms. The minimum Gasteiger partial charge on any atom is -0.481 e. The third-order valence-corrected chi connectivity index (χ3v) is 2.64. The van der Waals surface area contributed by atoms with E-state index in [1.807, 2.05) is 0 Å². The summed E-state index contributed by atoms with van der Waals surface area (Å²) >= 11 is 0.